The second-order valence-corrected chi connectivity index (χ2v) is 8.23. The Kier molecular flexibility index (Phi) is 6.56. The van der Waals surface area contributed by atoms with Gasteiger partial charge in [-0.3, -0.25) is 4.79 Å². The van der Waals surface area contributed by atoms with Gasteiger partial charge in [-0.05, 0) is 71.6 Å². The Morgan fingerprint density at radius 3 is 2.39 bits per heavy atom. The molecule has 0 saturated heterocycles. The van der Waals surface area contributed by atoms with Gasteiger partial charge in [-0.15, -0.1) is 0 Å². The predicted octanol–water partition coefficient (Wildman–Crippen LogP) is 5.51. The number of aromatic carboxylic acids is 1. The fraction of sp³-hybridized carbons (Fsp3) is 0.231. The highest BCUT2D eigenvalue weighted by Gasteiger charge is 2.36. The third-order valence-electron chi connectivity index (χ3n) is 5.63. The minimum absolute atomic E-state index is 0.102. The van der Waals surface area contributed by atoms with Crippen LogP contribution in [0.2, 0.25) is 5.02 Å². The molecule has 0 aliphatic carbocycles. The number of carboxylic acid groups (broad SMARTS) is 1. The van der Waals surface area contributed by atoms with Gasteiger partial charge in [0.1, 0.15) is 0 Å². The van der Waals surface area contributed by atoms with E-state index in [9.17, 15) is 14.7 Å². The van der Waals surface area contributed by atoms with Gasteiger partial charge in [-0.2, -0.15) is 0 Å². The van der Waals surface area contributed by atoms with E-state index >= 15 is 0 Å². The maximum Gasteiger partial charge on any atom is 0.335 e. The molecule has 6 nitrogen and oxygen atoms in total. The van der Waals surface area contributed by atoms with E-state index in [0.717, 1.165) is 23.1 Å². The van der Waals surface area contributed by atoms with Crippen LogP contribution in [0.4, 0.5) is 5.69 Å². The summed E-state index contributed by atoms with van der Waals surface area (Å²) < 4.78 is 11.5. The highest BCUT2D eigenvalue weighted by atomic mass is 35.5. The maximum atomic E-state index is 13.4. The number of amides is 1. The summed E-state index contributed by atoms with van der Waals surface area (Å²) in [5.74, 6) is 0.0856. The lowest BCUT2D eigenvalue weighted by molar-refractivity contribution is -0.118. The average molecular weight is 466 g/mol. The zero-order valence-electron chi connectivity index (χ0n) is 18.4. The predicted molar refractivity (Wildman–Crippen MR) is 127 cm³/mol. The Hall–Kier alpha value is -3.51. The van der Waals surface area contributed by atoms with Crippen LogP contribution < -0.4 is 14.4 Å². The molecule has 0 spiro atoms. The van der Waals surface area contributed by atoms with E-state index in [2.05, 4.69) is 0 Å². The second kappa shape index (κ2) is 9.55. The van der Waals surface area contributed by atoms with Crippen molar-refractivity contribution < 1.29 is 24.2 Å². The molecule has 0 radical (unpaired) electrons. The van der Waals surface area contributed by atoms with E-state index in [4.69, 9.17) is 21.1 Å². The van der Waals surface area contributed by atoms with Gasteiger partial charge in [0.05, 0.1) is 31.7 Å². The van der Waals surface area contributed by atoms with Crippen LogP contribution in [0.5, 0.6) is 11.5 Å². The van der Waals surface area contributed by atoms with Crippen molar-refractivity contribution in [1.82, 2.24) is 0 Å². The Morgan fingerprint density at radius 1 is 1.09 bits per heavy atom. The van der Waals surface area contributed by atoms with Gasteiger partial charge < -0.3 is 19.5 Å². The maximum absolute atomic E-state index is 13.4. The van der Waals surface area contributed by atoms with Gasteiger partial charge >= 0.3 is 5.97 Å². The number of halogens is 1. The lowest BCUT2D eigenvalue weighted by atomic mass is 9.86. The monoisotopic (exact) mass is 465 g/mol. The quantitative estimate of drug-likeness (QED) is 0.497. The summed E-state index contributed by atoms with van der Waals surface area (Å²) >= 11 is 6.13. The number of ether oxygens (including phenoxy) is 2. The number of rotatable bonds is 7. The van der Waals surface area contributed by atoms with Gasteiger partial charge in [-0.1, -0.05) is 30.7 Å². The van der Waals surface area contributed by atoms with Crippen molar-refractivity contribution >= 4 is 29.2 Å². The van der Waals surface area contributed by atoms with Crippen LogP contribution in [0.15, 0.2) is 60.7 Å². The zero-order chi connectivity index (χ0) is 23.5. The number of fused-ring (bicyclic) bond motifs is 1. The molecule has 0 aromatic heterocycles. The van der Waals surface area contributed by atoms with Crippen LogP contribution in [0.25, 0.3) is 0 Å². The van der Waals surface area contributed by atoms with E-state index in [1.165, 1.54) is 12.1 Å². The van der Waals surface area contributed by atoms with Crippen molar-refractivity contribution in [1.29, 1.82) is 0 Å². The molecule has 3 aromatic carbocycles. The molecule has 0 bridgehead atoms. The van der Waals surface area contributed by atoms with Gasteiger partial charge in [0.15, 0.2) is 11.5 Å². The van der Waals surface area contributed by atoms with Gasteiger partial charge in [-0.25, -0.2) is 4.79 Å². The number of benzene rings is 3. The lowest BCUT2D eigenvalue weighted by Crippen LogP contribution is -2.41. The third-order valence-corrected chi connectivity index (χ3v) is 5.88. The zero-order valence-corrected chi connectivity index (χ0v) is 19.1. The van der Waals surface area contributed by atoms with Crippen molar-refractivity contribution in [2.75, 3.05) is 18.6 Å². The molecule has 1 N–H and O–H groups in total. The largest absolute Gasteiger partial charge is 0.493 e. The Bertz CT molecular complexity index is 1170. The van der Waals surface area contributed by atoms with Crippen molar-refractivity contribution in [3.05, 3.63) is 87.9 Å². The molecule has 1 atom stereocenters. The second-order valence-electron chi connectivity index (χ2n) is 7.80. The first-order chi connectivity index (χ1) is 15.9. The van der Waals surface area contributed by atoms with E-state index in [-0.39, 0.29) is 17.9 Å². The highest BCUT2D eigenvalue weighted by Crippen LogP contribution is 2.43. The summed E-state index contributed by atoms with van der Waals surface area (Å²) in [4.78, 5) is 26.4. The van der Waals surface area contributed by atoms with E-state index in [1.54, 1.807) is 36.3 Å². The molecule has 4 rings (SSSR count). The number of hydrogen-bond acceptors (Lipinski definition) is 4. The van der Waals surface area contributed by atoms with E-state index in [0.29, 0.717) is 28.8 Å². The summed E-state index contributed by atoms with van der Waals surface area (Å²) in [6.07, 6.45) is 1.03. The Morgan fingerprint density at radius 2 is 1.79 bits per heavy atom. The Labute approximate surface area is 197 Å². The molecule has 33 heavy (non-hydrogen) atoms. The summed E-state index contributed by atoms with van der Waals surface area (Å²) in [5, 5.41) is 9.85. The molecule has 1 unspecified atom stereocenters. The molecule has 0 fully saturated rings. The number of carboxylic acids is 1. The van der Waals surface area contributed by atoms with Crippen LogP contribution in [-0.4, -0.2) is 30.7 Å². The van der Waals surface area contributed by atoms with Crippen molar-refractivity contribution in [3.8, 4) is 11.5 Å². The highest BCUT2D eigenvalue weighted by molar-refractivity contribution is 6.30. The lowest BCUT2D eigenvalue weighted by Gasteiger charge is -2.38. The van der Waals surface area contributed by atoms with Gasteiger partial charge in [0.2, 0.25) is 5.91 Å². The van der Waals surface area contributed by atoms with Crippen LogP contribution in [0.1, 0.15) is 46.4 Å². The first kappa shape index (κ1) is 22.7. The Balaban J connectivity index is 1.88. The van der Waals surface area contributed by atoms with Crippen molar-refractivity contribution in [2.24, 2.45) is 0 Å². The van der Waals surface area contributed by atoms with E-state index < -0.39 is 12.0 Å². The molecule has 0 saturated carbocycles. The van der Waals surface area contributed by atoms with Gasteiger partial charge in [0.25, 0.3) is 0 Å². The molecule has 170 valence electrons. The van der Waals surface area contributed by atoms with Crippen molar-refractivity contribution in [2.45, 2.75) is 25.8 Å². The molecule has 1 aliphatic rings. The molecule has 7 heteroatoms. The number of carbonyl (C=O) groups excluding carboxylic acids is 1. The summed E-state index contributed by atoms with van der Waals surface area (Å²) in [6, 6.07) is 17.1. The first-order valence-electron chi connectivity index (χ1n) is 10.7. The number of nitrogens with zero attached hydrogens (tertiary/aromatic N) is 1. The molecule has 3 aromatic rings. The van der Waals surface area contributed by atoms with Crippen LogP contribution in [0, 0.1) is 0 Å². The SMILES string of the molecule is CCCOc1cc2c(cc1OC)CC(=O)N(c1ccc(C(=O)O)cc1)C2c1ccc(Cl)cc1. The number of carbonyl (C=O) groups is 2. The summed E-state index contributed by atoms with van der Waals surface area (Å²) in [5.41, 5.74) is 3.43. The van der Waals surface area contributed by atoms with Crippen LogP contribution in [0.3, 0.4) is 0 Å². The topological polar surface area (TPSA) is 76.1 Å². The van der Waals surface area contributed by atoms with Crippen LogP contribution in [-0.2, 0) is 11.2 Å². The molecule has 1 amide bonds. The fourth-order valence-electron chi connectivity index (χ4n) is 4.07. The number of hydrogen-bond donors (Lipinski definition) is 1. The fourth-order valence-corrected chi connectivity index (χ4v) is 4.20. The summed E-state index contributed by atoms with van der Waals surface area (Å²) in [7, 11) is 1.58. The minimum Gasteiger partial charge on any atom is -0.493 e. The third kappa shape index (κ3) is 4.52. The van der Waals surface area contributed by atoms with Crippen molar-refractivity contribution in [3.63, 3.8) is 0 Å². The molecular formula is C26H24ClNO5. The van der Waals surface area contributed by atoms with Gasteiger partial charge in [0, 0.05) is 10.7 Å². The molecule has 1 aliphatic heterocycles. The average Bonchev–Trinajstić information content (AvgIpc) is 2.82. The van der Waals surface area contributed by atoms with E-state index in [1.807, 2.05) is 31.2 Å². The normalized spacial score (nSPS) is 15.2. The molecule has 1 heterocycles. The summed E-state index contributed by atoms with van der Waals surface area (Å²) in [6.45, 7) is 2.57. The molecular weight excluding hydrogens is 442 g/mol. The van der Waals surface area contributed by atoms with Crippen LogP contribution >= 0.6 is 11.6 Å². The smallest absolute Gasteiger partial charge is 0.335 e. The first-order valence-corrected chi connectivity index (χ1v) is 11.0. The number of anilines is 1. The minimum atomic E-state index is -1.02. The standard InChI is InChI=1S/C26H24ClNO5/c1-3-12-33-23-15-21-18(13-22(23)32-2)14-24(29)28(20-10-6-17(7-11-20)26(30)31)25(21)16-4-8-19(27)9-5-16/h4-11,13,15,25H,3,12,14H2,1-2H3,(H,30,31). The number of methoxy groups -OCH3 is 1.